The number of hydrogen-bond acceptors (Lipinski definition) is 8. The van der Waals surface area contributed by atoms with Crippen LogP contribution < -0.4 is 32.3 Å². The minimum atomic E-state index is -1.52. The molecule has 3 rings (SSSR count). The first kappa shape index (κ1) is 45.4. The maximum absolute atomic E-state index is 13.8. The maximum atomic E-state index is 13.8. The molecule has 17 heteroatoms. The van der Waals surface area contributed by atoms with Crippen molar-refractivity contribution in [3.8, 4) is 0 Å². The number of benzene rings is 1. The van der Waals surface area contributed by atoms with Crippen molar-refractivity contribution in [1.82, 2.24) is 36.5 Å². The van der Waals surface area contributed by atoms with Crippen LogP contribution >= 0.6 is 0 Å². The highest BCUT2D eigenvalue weighted by Gasteiger charge is 2.40. The number of nitrogens with one attached hydrogen (secondary N) is 6. The Bertz CT molecular complexity index is 1680. The van der Waals surface area contributed by atoms with Gasteiger partial charge in [0.15, 0.2) is 6.04 Å². The van der Waals surface area contributed by atoms with Gasteiger partial charge in [0.05, 0.1) is 6.61 Å². The van der Waals surface area contributed by atoms with Crippen LogP contribution in [0.15, 0.2) is 30.5 Å². The van der Waals surface area contributed by atoms with Gasteiger partial charge in [-0.05, 0) is 55.6 Å². The molecule has 0 radical (unpaired) electrons. The molecule has 56 heavy (non-hydrogen) atoms. The van der Waals surface area contributed by atoms with Gasteiger partial charge in [0.1, 0.15) is 30.2 Å². The first-order valence-electron chi connectivity index (χ1n) is 19.6. The highest BCUT2D eigenvalue weighted by atomic mass is 16.4. The predicted octanol–water partition coefficient (Wildman–Crippen LogP) is -0.273. The number of aliphatic hydroxyl groups excluding tert-OH is 1. The Balaban J connectivity index is 1.73. The third-order valence-electron chi connectivity index (χ3n) is 10.6. The van der Waals surface area contributed by atoms with E-state index in [4.69, 9.17) is 0 Å². The lowest BCUT2D eigenvalue weighted by Crippen LogP contribution is -2.69. The average molecular weight is 786 g/mol. The first-order valence-corrected chi connectivity index (χ1v) is 19.6. The molecule has 11 N–H and O–H groups in total. The van der Waals surface area contributed by atoms with E-state index in [1.165, 1.54) is 11.8 Å². The molecule has 1 aromatic heterocycles. The zero-order valence-corrected chi connectivity index (χ0v) is 33.2. The lowest BCUT2D eigenvalue weighted by Gasteiger charge is -2.29. The molecule has 0 spiro atoms. The van der Waals surface area contributed by atoms with E-state index in [9.17, 15) is 43.8 Å². The van der Waals surface area contributed by atoms with Gasteiger partial charge in [-0.15, -0.1) is 0 Å². The number of amides is 6. The highest BCUT2D eigenvalue weighted by Crippen LogP contribution is 2.22. The number of aromatic nitrogens is 1. The second kappa shape index (κ2) is 21.9. The highest BCUT2D eigenvalue weighted by molar-refractivity contribution is 5.96. The third kappa shape index (κ3) is 12.5. The molecule has 0 bridgehead atoms. The number of para-hydroxylation sites is 1. The number of quaternary nitrogens is 1. The van der Waals surface area contributed by atoms with Crippen LogP contribution in [0.4, 0.5) is 0 Å². The Morgan fingerprint density at radius 2 is 1.54 bits per heavy atom. The van der Waals surface area contributed by atoms with E-state index in [1.807, 2.05) is 30.5 Å². The minimum absolute atomic E-state index is 0.111. The molecule has 1 aromatic carbocycles. The molecule has 1 fully saturated rings. The van der Waals surface area contributed by atoms with Crippen LogP contribution in [0.3, 0.4) is 0 Å². The molecule has 1 saturated heterocycles. The standard InChI is InChI=1S/C39H60N8O9/c1-6-22(3)32(37(53)46-33(39(55)56)23(4)7-2)45-35(51)30(21-48)44-34(50)29(15-10-11-17-41-24(5)49)43-36(52)31-16-12-18-47(31)38(54)27(40)19-25-20-42-28-14-9-8-13-26(25)28/h8-9,13-14,20,22-23,27,29-33,42,48H,6-7,10-12,15-19,21,40H2,1-5H3,(H,41,49)(H,43,52)(H,44,50)(H,45,51)(H,46,53)(H,55,56)/p+1/t22-,23-,27-,29-,30-,31-,32-,33-/m0/s1. The summed E-state index contributed by atoms with van der Waals surface area (Å²) >= 11 is 0. The monoisotopic (exact) mass is 785 g/mol. The van der Waals surface area contributed by atoms with Crippen LogP contribution in [0, 0.1) is 11.8 Å². The molecule has 1 aliphatic rings. The number of carboxylic acid groups (broad SMARTS) is 1. The van der Waals surface area contributed by atoms with Gasteiger partial charge >= 0.3 is 5.97 Å². The van der Waals surface area contributed by atoms with Crippen LogP contribution in [0.2, 0.25) is 0 Å². The van der Waals surface area contributed by atoms with Crippen molar-refractivity contribution in [3.05, 3.63) is 36.0 Å². The van der Waals surface area contributed by atoms with E-state index in [0.717, 1.165) is 16.5 Å². The normalized spacial score (nSPS) is 17.8. The van der Waals surface area contributed by atoms with Crippen LogP contribution in [-0.4, -0.2) is 117 Å². The zero-order chi connectivity index (χ0) is 41.5. The summed E-state index contributed by atoms with van der Waals surface area (Å²) in [6.07, 6.45) is 5.06. The number of likely N-dealkylation sites (tertiary alicyclic amines) is 1. The van der Waals surface area contributed by atoms with Crippen LogP contribution in [0.5, 0.6) is 0 Å². The number of carbonyl (C=O) groups excluding carboxylic acids is 6. The first-order chi connectivity index (χ1) is 26.6. The summed E-state index contributed by atoms with van der Waals surface area (Å²) in [5.74, 6) is -5.46. The number of rotatable bonds is 22. The number of carboxylic acids is 1. The van der Waals surface area contributed by atoms with Gasteiger partial charge in [-0.3, -0.25) is 28.8 Å². The molecule has 6 amide bonds. The summed E-state index contributed by atoms with van der Waals surface area (Å²) in [5.41, 5.74) is 5.98. The molecule has 310 valence electrons. The van der Waals surface area contributed by atoms with E-state index in [0.29, 0.717) is 58.0 Å². The molecule has 0 aliphatic carbocycles. The fourth-order valence-corrected chi connectivity index (χ4v) is 6.81. The summed E-state index contributed by atoms with van der Waals surface area (Å²) in [6, 6.07) is 1.13. The van der Waals surface area contributed by atoms with Crippen molar-refractivity contribution >= 4 is 52.3 Å². The van der Waals surface area contributed by atoms with Crippen molar-refractivity contribution in [3.63, 3.8) is 0 Å². The van der Waals surface area contributed by atoms with E-state index in [1.54, 1.807) is 27.7 Å². The average Bonchev–Trinajstić information content (AvgIpc) is 3.84. The maximum Gasteiger partial charge on any atom is 0.326 e. The Labute approximate surface area is 327 Å². The molecule has 2 heterocycles. The molecule has 2 aromatic rings. The number of hydrogen-bond donors (Lipinski definition) is 9. The number of fused-ring (bicyclic) bond motifs is 1. The van der Waals surface area contributed by atoms with Gasteiger partial charge in [-0.2, -0.15) is 0 Å². The number of aliphatic carboxylic acids is 1. The number of carbonyl (C=O) groups is 7. The molecule has 8 atom stereocenters. The smallest absolute Gasteiger partial charge is 0.326 e. The quantitative estimate of drug-likeness (QED) is 0.0711. The number of nitrogens with zero attached hydrogens (tertiary/aromatic N) is 1. The summed E-state index contributed by atoms with van der Waals surface area (Å²) in [5, 5.41) is 33.9. The summed E-state index contributed by atoms with van der Waals surface area (Å²) in [4.78, 5) is 96.0. The van der Waals surface area contributed by atoms with Gasteiger partial charge in [-0.1, -0.05) is 58.7 Å². The van der Waals surface area contributed by atoms with Crippen molar-refractivity contribution in [1.29, 1.82) is 0 Å². The van der Waals surface area contributed by atoms with Gasteiger partial charge in [-0.25, -0.2) is 4.79 Å². The van der Waals surface area contributed by atoms with Crippen molar-refractivity contribution < 1.29 is 49.5 Å². The predicted molar refractivity (Wildman–Crippen MR) is 207 cm³/mol. The Kier molecular flexibility index (Phi) is 17.7. The van der Waals surface area contributed by atoms with E-state index in [2.05, 4.69) is 37.3 Å². The van der Waals surface area contributed by atoms with E-state index < -0.39 is 78.4 Å². The van der Waals surface area contributed by atoms with E-state index in [-0.39, 0.29) is 24.2 Å². The van der Waals surface area contributed by atoms with Gasteiger partial charge < -0.3 is 52.4 Å². The Hall–Kier alpha value is -5.03. The summed E-state index contributed by atoms with van der Waals surface area (Å²) < 4.78 is 0. The topological polar surface area (TPSA) is 267 Å². The van der Waals surface area contributed by atoms with Crippen LogP contribution in [-0.2, 0) is 40.0 Å². The largest absolute Gasteiger partial charge is 0.480 e. The third-order valence-corrected chi connectivity index (χ3v) is 10.6. The summed E-state index contributed by atoms with van der Waals surface area (Å²) in [7, 11) is 0. The lowest BCUT2D eigenvalue weighted by atomic mass is 9.95. The minimum Gasteiger partial charge on any atom is -0.480 e. The summed E-state index contributed by atoms with van der Waals surface area (Å²) in [6.45, 7) is 8.21. The molecule has 0 saturated carbocycles. The van der Waals surface area contributed by atoms with Crippen LogP contribution in [0.25, 0.3) is 10.9 Å². The number of unbranched alkanes of at least 4 members (excludes halogenated alkanes) is 1. The molecule has 1 aliphatic heterocycles. The van der Waals surface area contributed by atoms with Crippen LogP contribution in [0.1, 0.15) is 85.1 Å². The molecular weight excluding hydrogens is 724 g/mol. The van der Waals surface area contributed by atoms with Crippen molar-refractivity contribution in [2.45, 2.75) is 122 Å². The number of aromatic amines is 1. The van der Waals surface area contributed by atoms with Crippen molar-refractivity contribution in [2.75, 3.05) is 19.7 Å². The van der Waals surface area contributed by atoms with Crippen molar-refractivity contribution in [2.24, 2.45) is 11.8 Å². The molecule has 17 nitrogen and oxygen atoms in total. The second-order valence-corrected chi connectivity index (χ2v) is 14.8. The van der Waals surface area contributed by atoms with Gasteiger partial charge in [0.25, 0.3) is 5.91 Å². The van der Waals surface area contributed by atoms with Gasteiger partial charge in [0, 0.05) is 43.5 Å². The lowest BCUT2D eigenvalue weighted by molar-refractivity contribution is -0.405. The second-order valence-electron chi connectivity index (χ2n) is 14.8. The van der Waals surface area contributed by atoms with E-state index >= 15 is 0 Å². The fourth-order valence-electron chi connectivity index (χ4n) is 6.81. The van der Waals surface area contributed by atoms with Gasteiger partial charge in [0.2, 0.25) is 29.5 Å². The fraction of sp³-hybridized carbons (Fsp3) is 0.615. The number of aliphatic hydroxyl groups is 1. The Morgan fingerprint density at radius 3 is 2.18 bits per heavy atom. The Morgan fingerprint density at radius 1 is 0.893 bits per heavy atom. The number of H-pyrrole nitrogens is 1. The molecule has 0 unspecified atom stereocenters. The molecular formula is C39H61N8O9+. The zero-order valence-electron chi connectivity index (χ0n) is 33.2. The SMILES string of the molecule is CC[C@H](C)[C@H](NC(=O)[C@@H](NC(=O)[C@H](CO)NC(=O)[C@H](CCCCNC(C)=O)NC(=O)[C@@H]1CCCN1C(=O)[C@@H]([NH3+])Cc1c[nH]c2ccccc12)[C@@H](C)CC)C(=O)O.